The molecule has 0 saturated carbocycles. The van der Waals surface area contributed by atoms with Crippen LogP contribution in [0.4, 0.5) is 23.7 Å². The van der Waals surface area contributed by atoms with Gasteiger partial charge in [-0.3, -0.25) is 33.2 Å². The number of rotatable bonds is 15. The number of aromatic hydroxyl groups is 2. The third kappa shape index (κ3) is 11.7. The summed E-state index contributed by atoms with van der Waals surface area (Å²) in [7, 11) is 3.07. The van der Waals surface area contributed by atoms with Gasteiger partial charge in [0, 0.05) is 120 Å². The summed E-state index contributed by atoms with van der Waals surface area (Å²) in [4.78, 5) is 69.9. The lowest BCUT2D eigenvalue weighted by atomic mass is 9.98. The second kappa shape index (κ2) is 24.1. The number of ether oxygens (including phenoxy) is 2. The first-order valence-electron chi connectivity index (χ1n) is 28.3. The van der Waals surface area contributed by atoms with Crippen molar-refractivity contribution in [2.75, 3.05) is 70.9 Å². The number of benzene rings is 5. The second-order valence-corrected chi connectivity index (χ2v) is 21.6. The molecule has 86 heavy (non-hydrogen) atoms. The molecule has 20 nitrogen and oxygen atoms in total. The number of piperazine rings is 2. The fraction of sp³-hybridized carbons (Fsp3) is 0.302. The SMILES string of the molecule is CCNC(=O)c1nnc(-c2cc(C(C)C)c(O)cc2O)n1-c1ccc(CN2CCN(C(=O)CCc3ccc(OC(=O)N4CCN(c5ccc(-n6c(=O)n(C)c7cnc8ccc(-c9ccc(OC)nc9)cc8c76)cc5C(F)(F)F)CC4)cc3)CC2)cc1. The molecule has 0 atom stereocenters. The molecular weight excluding hydrogens is 1110 g/mol. The van der Waals surface area contributed by atoms with Crippen molar-refractivity contribution in [2.45, 2.75) is 52.3 Å². The zero-order valence-corrected chi connectivity index (χ0v) is 48.0. The number of nitrogens with one attached hydrogen (secondary N) is 1. The van der Waals surface area contributed by atoms with Crippen molar-refractivity contribution in [1.82, 2.24) is 53.9 Å². The van der Waals surface area contributed by atoms with Gasteiger partial charge in [0.25, 0.3) is 5.91 Å². The molecule has 6 heterocycles. The summed E-state index contributed by atoms with van der Waals surface area (Å²) in [6.07, 6.45) is -1.48. The minimum atomic E-state index is -4.79. The highest BCUT2D eigenvalue weighted by molar-refractivity contribution is 6.04. The molecular formula is C63H63F3N12O8. The molecule has 2 aliphatic rings. The molecule has 4 aromatic heterocycles. The number of hydrogen-bond acceptors (Lipinski definition) is 14. The predicted octanol–water partition coefficient (Wildman–Crippen LogP) is 9.10. The number of carbonyl (C=O) groups is 3. The maximum atomic E-state index is 15.1. The minimum Gasteiger partial charge on any atom is -0.508 e. The summed E-state index contributed by atoms with van der Waals surface area (Å²) >= 11 is 0. The number of carbonyl (C=O) groups excluding carboxylic acids is 3. The molecule has 3 N–H and O–H groups in total. The van der Waals surface area contributed by atoms with Crippen LogP contribution in [-0.4, -0.2) is 143 Å². The molecule has 5 aromatic carbocycles. The van der Waals surface area contributed by atoms with E-state index in [2.05, 4.69) is 30.4 Å². The Kier molecular flexibility index (Phi) is 16.2. The van der Waals surface area contributed by atoms with Crippen molar-refractivity contribution >= 4 is 45.5 Å². The zero-order valence-electron chi connectivity index (χ0n) is 48.0. The number of phenolic OH excluding ortho intramolecular Hbond substituents is 2. The zero-order chi connectivity index (χ0) is 60.6. The number of alkyl halides is 3. The molecule has 0 unspecified atom stereocenters. The van der Waals surface area contributed by atoms with Crippen LogP contribution < -0.4 is 25.4 Å². The fourth-order valence-corrected chi connectivity index (χ4v) is 11.2. The number of hydrogen-bond donors (Lipinski definition) is 3. The Balaban J connectivity index is 0.671. The molecule has 3 amide bonds. The number of fused-ring (bicyclic) bond motifs is 3. The van der Waals surface area contributed by atoms with Crippen LogP contribution in [0, 0.1) is 0 Å². The van der Waals surface area contributed by atoms with Crippen LogP contribution in [0.3, 0.4) is 0 Å². The van der Waals surface area contributed by atoms with Gasteiger partial charge in [0.1, 0.15) is 17.2 Å². The number of nitrogens with zero attached hydrogens (tertiary/aromatic N) is 11. The molecule has 0 bridgehead atoms. The number of halogens is 3. The van der Waals surface area contributed by atoms with E-state index in [9.17, 15) is 29.4 Å². The first-order valence-corrected chi connectivity index (χ1v) is 28.3. The van der Waals surface area contributed by atoms with Crippen molar-refractivity contribution in [3.8, 4) is 57.0 Å². The number of pyridine rings is 2. The highest BCUT2D eigenvalue weighted by Gasteiger charge is 2.37. The number of anilines is 1. The van der Waals surface area contributed by atoms with Crippen molar-refractivity contribution in [2.24, 2.45) is 7.05 Å². The smallest absolute Gasteiger partial charge is 0.418 e. The topological polar surface area (TPSA) is 219 Å². The Morgan fingerprint density at radius 1 is 0.733 bits per heavy atom. The lowest BCUT2D eigenvalue weighted by Gasteiger charge is -2.36. The van der Waals surface area contributed by atoms with Crippen LogP contribution in [-0.2, 0) is 31.0 Å². The van der Waals surface area contributed by atoms with Gasteiger partial charge in [-0.15, -0.1) is 10.2 Å². The monoisotopic (exact) mass is 1170 g/mol. The second-order valence-electron chi connectivity index (χ2n) is 21.6. The summed E-state index contributed by atoms with van der Waals surface area (Å²) in [6, 6.07) is 30.4. The number of methoxy groups -OCH3 is 1. The Labute approximate surface area is 492 Å². The average molecular weight is 1170 g/mol. The number of amides is 3. The number of imidazole rings is 1. The van der Waals surface area contributed by atoms with E-state index in [-0.39, 0.29) is 84.7 Å². The summed E-state index contributed by atoms with van der Waals surface area (Å²) in [6.45, 7) is 9.47. The summed E-state index contributed by atoms with van der Waals surface area (Å²) in [5, 5.41) is 33.3. The summed E-state index contributed by atoms with van der Waals surface area (Å²) in [5.41, 5.74) is 4.83. The number of aromatic nitrogens is 7. The van der Waals surface area contributed by atoms with Gasteiger partial charge in [-0.25, -0.2) is 14.6 Å². The predicted molar refractivity (Wildman–Crippen MR) is 317 cm³/mol. The first-order chi connectivity index (χ1) is 41.4. The van der Waals surface area contributed by atoms with Crippen LogP contribution in [0.2, 0.25) is 0 Å². The minimum absolute atomic E-state index is 0.0278. The van der Waals surface area contributed by atoms with Crippen LogP contribution in [0.5, 0.6) is 23.1 Å². The van der Waals surface area contributed by atoms with Gasteiger partial charge in [-0.1, -0.05) is 44.2 Å². The highest BCUT2D eigenvalue weighted by Crippen LogP contribution is 2.41. The molecule has 11 rings (SSSR count). The van der Waals surface area contributed by atoms with Crippen LogP contribution in [0.15, 0.2) is 126 Å². The molecule has 2 saturated heterocycles. The van der Waals surface area contributed by atoms with Crippen molar-refractivity contribution < 1.29 is 47.2 Å². The van der Waals surface area contributed by atoms with E-state index in [1.165, 1.54) is 45.5 Å². The molecule has 0 aliphatic carbocycles. The molecule has 444 valence electrons. The molecule has 0 radical (unpaired) electrons. The molecule has 2 aliphatic heterocycles. The molecule has 23 heteroatoms. The van der Waals surface area contributed by atoms with Gasteiger partial charge in [0.05, 0.1) is 46.7 Å². The maximum Gasteiger partial charge on any atom is 0.418 e. The van der Waals surface area contributed by atoms with Gasteiger partial charge in [-0.05, 0) is 108 Å². The van der Waals surface area contributed by atoms with Gasteiger partial charge in [-0.2, -0.15) is 13.2 Å². The van der Waals surface area contributed by atoms with Gasteiger partial charge >= 0.3 is 18.0 Å². The van der Waals surface area contributed by atoms with Gasteiger partial charge < -0.3 is 39.7 Å². The van der Waals surface area contributed by atoms with Crippen molar-refractivity contribution in [3.63, 3.8) is 0 Å². The number of phenols is 2. The van der Waals surface area contributed by atoms with Crippen molar-refractivity contribution in [1.29, 1.82) is 0 Å². The lowest BCUT2D eigenvalue weighted by Crippen LogP contribution is -2.50. The van der Waals surface area contributed by atoms with E-state index < -0.39 is 29.4 Å². The van der Waals surface area contributed by atoms with E-state index in [0.717, 1.165) is 28.3 Å². The Morgan fingerprint density at radius 2 is 1.43 bits per heavy atom. The van der Waals surface area contributed by atoms with Crippen LogP contribution in [0.25, 0.3) is 55.8 Å². The highest BCUT2D eigenvalue weighted by atomic mass is 19.4. The van der Waals surface area contributed by atoms with E-state index in [0.29, 0.717) is 90.3 Å². The molecule has 0 spiro atoms. The Hall–Kier alpha value is -9.77. The van der Waals surface area contributed by atoms with Gasteiger partial charge in [0.15, 0.2) is 5.82 Å². The summed E-state index contributed by atoms with van der Waals surface area (Å²) < 4.78 is 60.3. The third-order valence-corrected chi connectivity index (χ3v) is 15.9. The average Bonchev–Trinajstić information content (AvgIpc) is 2.25. The number of aryl methyl sites for hydroxylation is 2. The Morgan fingerprint density at radius 3 is 2.10 bits per heavy atom. The quantitative estimate of drug-likeness (QED) is 0.0872. The molecule has 9 aromatic rings. The van der Waals surface area contributed by atoms with E-state index in [1.54, 1.807) is 72.1 Å². The summed E-state index contributed by atoms with van der Waals surface area (Å²) in [5.74, 6) is 0.315. The van der Waals surface area contributed by atoms with E-state index in [4.69, 9.17) is 9.47 Å². The Bertz CT molecular complexity index is 4070. The van der Waals surface area contributed by atoms with E-state index >= 15 is 13.2 Å². The first kappa shape index (κ1) is 58.0. The van der Waals surface area contributed by atoms with E-state index in [1.807, 2.05) is 61.2 Å². The van der Waals surface area contributed by atoms with Gasteiger partial charge in [0.2, 0.25) is 17.6 Å². The fourth-order valence-electron chi connectivity index (χ4n) is 11.2. The maximum absolute atomic E-state index is 15.1. The normalized spacial score (nSPS) is 14.1. The van der Waals surface area contributed by atoms with Crippen LogP contribution >= 0.6 is 0 Å². The molecule has 2 fully saturated rings. The third-order valence-electron chi connectivity index (χ3n) is 15.9. The lowest BCUT2D eigenvalue weighted by molar-refractivity contribution is -0.137. The van der Waals surface area contributed by atoms with Crippen molar-refractivity contribution in [3.05, 3.63) is 160 Å². The standard InChI is InChI=1S/C63H63F3N12O8/c1-6-67-60(82)59-71-70-58(48-33-46(38(2)3)53(79)34-54(48)80)78(59)43-14-7-40(8-15-43)37-73-23-25-75(26-24-73)56(81)22-11-39-9-17-45(18-10-39)86-62(84)76-29-27-74(28-30-76)51-20-16-44(32-49(51)63(64,65)66)77-57-47-31-41(42-13-21-55(85-5)69-35-42)12-19-50(47)68-36-52(57)72(4)61(77)83/h7-10,12-21,31-36,38,79-80H,6,11,22-30,37H2,1-5H3,(H,67,82). The van der Waals surface area contributed by atoms with Crippen LogP contribution in [0.1, 0.15) is 66.0 Å². The largest absolute Gasteiger partial charge is 0.508 e.